The van der Waals surface area contributed by atoms with Crippen LogP contribution in [0.3, 0.4) is 0 Å². The van der Waals surface area contributed by atoms with Crippen LogP contribution in [0.1, 0.15) is 107 Å². The highest BCUT2D eigenvalue weighted by molar-refractivity contribution is 6.00. The molecule has 0 aromatic heterocycles. The van der Waals surface area contributed by atoms with Crippen molar-refractivity contribution in [3.05, 3.63) is 0 Å². The number of Topliss-reactive ketones (excluding diaryl/α,β-unsaturated/α-hetero) is 1. The fraction of sp³-hybridized carbons (Fsp3) is 0.878. The number of oxime groups is 1. The maximum Gasteiger partial charge on any atom is 0.316 e. The summed E-state index contributed by atoms with van der Waals surface area (Å²) < 4.78 is 25.0. The fourth-order valence-corrected chi connectivity index (χ4v) is 8.75. The first kappa shape index (κ1) is 46.2. The highest BCUT2D eigenvalue weighted by Gasteiger charge is 2.52. The number of rotatable bonds is 10. The number of carbonyl (C=O) groups is 2. The SMILES string of the molecule is C#CCCN(C)[C@H]1CC(C)O[C@@H](O[C@@H]2[C@@H](C)C(=O)[C@@H](C)C(=O)O[C@H](CC)[C@@](C)(O)[C@H](O)[C@@H](C)/C(=N/OC3CCC(N(C)C)CC3)[C@H](C)C[C@@]2(C)OC)[C@@H]1O. The van der Waals surface area contributed by atoms with Gasteiger partial charge in [-0.05, 0) is 93.8 Å². The quantitative estimate of drug-likeness (QED) is 0.128. The number of terminal acetylenes is 1. The zero-order chi connectivity index (χ0) is 40.7. The summed E-state index contributed by atoms with van der Waals surface area (Å²) in [7, 11) is 7.59. The molecule has 3 aliphatic rings. The smallest absolute Gasteiger partial charge is 0.316 e. The van der Waals surface area contributed by atoms with E-state index < -0.39 is 77.3 Å². The Kier molecular flexibility index (Phi) is 17.0. The molecule has 13 heteroatoms. The van der Waals surface area contributed by atoms with Crippen LogP contribution in [-0.4, -0.2) is 144 Å². The van der Waals surface area contributed by atoms with Crippen molar-refractivity contribution in [1.29, 1.82) is 0 Å². The first-order valence-corrected chi connectivity index (χ1v) is 20.0. The van der Waals surface area contributed by atoms with Gasteiger partial charge in [0.2, 0.25) is 0 Å². The molecule has 0 bridgehead atoms. The summed E-state index contributed by atoms with van der Waals surface area (Å²) in [5.41, 5.74) is -2.62. The lowest BCUT2D eigenvalue weighted by Gasteiger charge is -2.47. The summed E-state index contributed by atoms with van der Waals surface area (Å²) in [6, 6.07) is 0.137. The van der Waals surface area contributed by atoms with Crippen LogP contribution in [0.4, 0.5) is 0 Å². The Labute approximate surface area is 324 Å². The van der Waals surface area contributed by atoms with Crippen LogP contribution >= 0.6 is 0 Å². The average Bonchev–Trinajstić information content (AvgIpc) is 3.14. The average molecular weight is 766 g/mol. The number of aliphatic hydroxyl groups is 3. The second-order valence-corrected chi connectivity index (χ2v) is 16.9. The third-order valence-electron chi connectivity index (χ3n) is 12.5. The molecular weight excluding hydrogens is 694 g/mol. The molecule has 1 saturated carbocycles. The van der Waals surface area contributed by atoms with Gasteiger partial charge in [-0.15, -0.1) is 12.3 Å². The molecule has 2 heterocycles. The van der Waals surface area contributed by atoms with Gasteiger partial charge in [-0.25, -0.2) is 0 Å². The van der Waals surface area contributed by atoms with Gasteiger partial charge in [-0.2, -0.15) is 0 Å². The van der Waals surface area contributed by atoms with Crippen LogP contribution in [0.25, 0.3) is 0 Å². The minimum Gasteiger partial charge on any atom is -0.459 e. The number of hydrogen-bond donors (Lipinski definition) is 3. The Morgan fingerprint density at radius 1 is 1.02 bits per heavy atom. The number of ketones is 1. The van der Waals surface area contributed by atoms with Gasteiger partial charge in [0.25, 0.3) is 0 Å². The molecule has 13 nitrogen and oxygen atoms in total. The molecule has 3 N–H and O–H groups in total. The number of cyclic esters (lactones) is 1. The third-order valence-corrected chi connectivity index (χ3v) is 12.5. The van der Waals surface area contributed by atoms with Crippen molar-refractivity contribution < 1.29 is 48.7 Å². The molecule has 13 atom stereocenters. The topological polar surface area (TPSA) is 160 Å². The molecular formula is C41H71N3O10. The van der Waals surface area contributed by atoms with Crippen LogP contribution < -0.4 is 0 Å². The first-order chi connectivity index (χ1) is 25.2. The van der Waals surface area contributed by atoms with Crippen LogP contribution in [0.5, 0.6) is 0 Å². The summed E-state index contributed by atoms with van der Waals surface area (Å²) in [5, 5.41) is 40.1. The summed E-state index contributed by atoms with van der Waals surface area (Å²) >= 11 is 0. The highest BCUT2D eigenvalue weighted by atomic mass is 16.7. The second-order valence-electron chi connectivity index (χ2n) is 16.9. The molecule has 1 unspecified atom stereocenters. The number of nitrogens with zero attached hydrogens (tertiary/aromatic N) is 3. The van der Waals surface area contributed by atoms with Gasteiger partial charge < -0.3 is 44.0 Å². The highest BCUT2D eigenvalue weighted by Crippen LogP contribution is 2.39. The number of hydrogen-bond acceptors (Lipinski definition) is 13. The molecule has 0 amide bonds. The number of likely N-dealkylation sites (N-methyl/N-ethyl adjacent to an activating group) is 1. The van der Waals surface area contributed by atoms with Crippen LogP contribution in [0.15, 0.2) is 5.16 Å². The van der Waals surface area contributed by atoms with E-state index in [-0.39, 0.29) is 31.1 Å². The first-order valence-electron chi connectivity index (χ1n) is 20.0. The number of esters is 1. The van der Waals surface area contributed by atoms with Gasteiger partial charge in [-0.1, -0.05) is 32.9 Å². The van der Waals surface area contributed by atoms with E-state index in [0.717, 1.165) is 25.7 Å². The minimum absolute atomic E-state index is 0.120. The Hall–Kier alpha value is -2.15. The van der Waals surface area contributed by atoms with E-state index in [9.17, 15) is 24.9 Å². The van der Waals surface area contributed by atoms with Gasteiger partial charge >= 0.3 is 5.97 Å². The molecule has 3 fully saturated rings. The standard InChI is InChI=1S/C41H71N3O10/c1-14-16-21-44(12)31-22-25(4)51-39(35(31)46)53-37-27(6)34(45)28(7)38(48)52-32(15-2)41(9,49)36(47)26(5)33(24(3)23-40(37,8)50-13)42-54-30-19-17-29(18-20-30)43(10)11/h1,24-32,35-37,39,46-47,49H,15-23H2,2-13H3/b42-33+/t24-,25?,26+,27+,28-,29?,30?,31+,32-,35-,36-,37-,39+,40-,41-/m1/s1. The van der Waals surface area contributed by atoms with Gasteiger partial charge in [0.1, 0.15) is 29.8 Å². The molecule has 54 heavy (non-hydrogen) atoms. The Balaban J connectivity index is 2.11. The number of methoxy groups -OCH3 is 1. The van der Waals surface area contributed by atoms with E-state index >= 15 is 0 Å². The molecule has 2 saturated heterocycles. The van der Waals surface area contributed by atoms with Crippen molar-refractivity contribution in [3.8, 4) is 12.3 Å². The summed E-state index contributed by atoms with van der Waals surface area (Å²) in [6.07, 6.45) is 4.39. The number of aliphatic hydroxyl groups excluding tert-OH is 2. The molecule has 0 aromatic carbocycles. The lowest BCUT2D eigenvalue weighted by atomic mass is 9.74. The van der Waals surface area contributed by atoms with E-state index in [0.29, 0.717) is 31.1 Å². The van der Waals surface area contributed by atoms with Crippen molar-refractivity contribution in [1.82, 2.24) is 9.80 Å². The van der Waals surface area contributed by atoms with Crippen molar-refractivity contribution >= 4 is 17.5 Å². The van der Waals surface area contributed by atoms with Crippen molar-refractivity contribution in [2.45, 2.75) is 173 Å². The maximum absolute atomic E-state index is 14.3. The molecule has 0 spiro atoms. The maximum atomic E-state index is 14.3. The van der Waals surface area contributed by atoms with Gasteiger partial charge in [0, 0.05) is 49.9 Å². The molecule has 0 aromatic rings. The second kappa shape index (κ2) is 19.8. The molecule has 0 radical (unpaired) electrons. The Morgan fingerprint density at radius 3 is 2.20 bits per heavy atom. The van der Waals surface area contributed by atoms with E-state index in [1.54, 1.807) is 20.8 Å². The molecule has 1 aliphatic carbocycles. The number of ether oxygens (including phenoxy) is 4. The van der Waals surface area contributed by atoms with Gasteiger partial charge in [0.05, 0.1) is 29.6 Å². The zero-order valence-electron chi connectivity index (χ0n) is 35.0. The Bertz CT molecular complexity index is 1300. The van der Waals surface area contributed by atoms with Crippen molar-refractivity contribution in [3.63, 3.8) is 0 Å². The van der Waals surface area contributed by atoms with E-state index in [2.05, 4.69) is 24.9 Å². The zero-order valence-corrected chi connectivity index (χ0v) is 35.0. The normalized spacial score (nSPS) is 42.7. The van der Waals surface area contributed by atoms with Crippen LogP contribution in [-0.2, 0) is 33.4 Å². The summed E-state index contributed by atoms with van der Waals surface area (Å²) in [6.45, 7) is 14.4. The summed E-state index contributed by atoms with van der Waals surface area (Å²) in [4.78, 5) is 38.3. The largest absolute Gasteiger partial charge is 0.459 e. The Morgan fingerprint density at radius 2 is 1.65 bits per heavy atom. The van der Waals surface area contributed by atoms with Crippen LogP contribution in [0.2, 0.25) is 0 Å². The summed E-state index contributed by atoms with van der Waals surface area (Å²) in [5.74, 6) is -1.99. The van der Waals surface area contributed by atoms with Gasteiger partial charge in [0.15, 0.2) is 12.1 Å². The lowest BCUT2D eigenvalue weighted by molar-refractivity contribution is -0.295. The predicted molar refractivity (Wildman–Crippen MR) is 206 cm³/mol. The lowest BCUT2D eigenvalue weighted by Crippen LogP contribution is -2.60. The van der Waals surface area contributed by atoms with E-state index in [4.69, 9.17) is 35.4 Å². The molecule has 3 rings (SSSR count). The van der Waals surface area contributed by atoms with Crippen LogP contribution in [0, 0.1) is 36.0 Å². The molecule has 310 valence electrons. The minimum atomic E-state index is -1.89. The molecule has 2 aliphatic heterocycles. The van der Waals surface area contributed by atoms with Crippen molar-refractivity contribution in [2.24, 2.45) is 28.8 Å². The third kappa shape index (κ3) is 10.8. The van der Waals surface area contributed by atoms with E-state index in [1.807, 2.05) is 32.7 Å². The fourth-order valence-electron chi connectivity index (χ4n) is 8.75. The van der Waals surface area contributed by atoms with Gasteiger partial charge in [-0.3, -0.25) is 14.5 Å². The number of carbonyl (C=O) groups excluding carboxylic acids is 2. The monoisotopic (exact) mass is 766 g/mol. The predicted octanol–water partition coefficient (Wildman–Crippen LogP) is 3.79. The van der Waals surface area contributed by atoms with Crippen molar-refractivity contribution in [2.75, 3.05) is 34.8 Å². The van der Waals surface area contributed by atoms with E-state index in [1.165, 1.54) is 21.0 Å².